The molecule has 0 atom stereocenters. The fourth-order valence-corrected chi connectivity index (χ4v) is 3.02. The van der Waals surface area contributed by atoms with E-state index in [1.54, 1.807) is 0 Å². The summed E-state index contributed by atoms with van der Waals surface area (Å²) in [6, 6.07) is 10.8. The van der Waals surface area contributed by atoms with E-state index in [0.717, 1.165) is 43.3 Å². The minimum absolute atomic E-state index is 0.423. The van der Waals surface area contributed by atoms with Crippen molar-refractivity contribution in [2.45, 2.75) is 25.4 Å². The average Bonchev–Trinajstić information content (AvgIpc) is 2.65. The van der Waals surface area contributed by atoms with Crippen LogP contribution in [-0.2, 0) is 11.3 Å². The van der Waals surface area contributed by atoms with E-state index >= 15 is 0 Å². The number of rotatable bonds is 4. The van der Waals surface area contributed by atoms with Gasteiger partial charge in [-0.15, -0.1) is 0 Å². The quantitative estimate of drug-likeness (QED) is 0.659. The number of pyridine rings is 1. The Bertz CT molecular complexity index is 738. The van der Waals surface area contributed by atoms with Gasteiger partial charge in [-0.25, -0.2) is 4.98 Å². The van der Waals surface area contributed by atoms with Crippen molar-refractivity contribution >= 4 is 22.7 Å². The summed E-state index contributed by atoms with van der Waals surface area (Å²) < 4.78 is 5.42. The molecule has 2 heterocycles. The molecule has 2 N–H and O–H groups in total. The van der Waals surface area contributed by atoms with Gasteiger partial charge in [0.25, 0.3) is 0 Å². The SMILES string of the molecule is CN=C(NCc1cc(N(C)C)nc2ccccc12)NC1CCOCC1. The van der Waals surface area contributed by atoms with Crippen molar-refractivity contribution in [1.82, 2.24) is 15.6 Å². The summed E-state index contributed by atoms with van der Waals surface area (Å²) in [5, 5.41) is 8.11. The van der Waals surface area contributed by atoms with E-state index in [4.69, 9.17) is 9.72 Å². The molecule has 25 heavy (non-hydrogen) atoms. The first-order valence-corrected chi connectivity index (χ1v) is 8.78. The maximum absolute atomic E-state index is 5.42. The van der Waals surface area contributed by atoms with E-state index in [-0.39, 0.29) is 0 Å². The van der Waals surface area contributed by atoms with E-state index < -0.39 is 0 Å². The second-order valence-electron chi connectivity index (χ2n) is 6.51. The zero-order chi connectivity index (χ0) is 17.6. The lowest BCUT2D eigenvalue weighted by Gasteiger charge is -2.25. The number of aromatic nitrogens is 1. The number of benzene rings is 1. The number of aliphatic imine (C=N–C) groups is 1. The molecule has 0 unspecified atom stereocenters. The Balaban J connectivity index is 1.74. The first-order valence-electron chi connectivity index (χ1n) is 8.78. The monoisotopic (exact) mass is 341 g/mol. The maximum atomic E-state index is 5.42. The molecular weight excluding hydrogens is 314 g/mol. The standard InChI is InChI=1S/C19H27N5O/c1-20-19(22-15-8-10-25-11-9-15)21-13-14-12-18(24(2)3)23-17-7-5-4-6-16(14)17/h4-7,12,15H,8-11,13H2,1-3H3,(H2,20,21,22). The lowest BCUT2D eigenvalue weighted by molar-refractivity contribution is 0.0822. The van der Waals surface area contributed by atoms with Gasteiger partial charge in [0.1, 0.15) is 5.82 Å². The Labute approximate surface area is 149 Å². The number of fused-ring (bicyclic) bond motifs is 1. The third-order valence-electron chi connectivity index (χ3n) is 4.48. The third-order valence-corrected chi connectivity index (χ3v) is 4.48. The van der Waals surface area contributed by atoms with Gasteiger partial charge >= 0.3 is 0 Å². The molecule has 1 aliphatic rings. The van der Waals surface area contributed by atoms with Crippen LogP contribution in [0.4, 0.5) is 5.82 Å². The Morgan fingerprint density at radius 2 is 2.04 bits per heavy atom. The first kappa shape index (κ1) is 17.5. The van der Waals surface area contributed by atoms with Crippen molar-refractivity contribution in [3.05, 3.63) is 35.9 Å². The maximum Gasteiger partial charge on any atom is 0.191 e. The van der Waals surface area contributed by atoms with Gasteiger partial charge in [-0.3, -0.25) is 4.99 Å². The fourth-order valence-electron chi connectivity index (χ4n) is 3.02. The number of nitrogens with one attached hydrogen (secondary N) is 2. The number of hydrogen-bond acceptors (Lipinski definition) is 4. The van der Waals surface area contributed by atoms with Crippen molar-refractivity contribution < 1.29 is 4.74 Å². The highest BCUT2D eigenvalue weighted by Gasteiger charge is 2.15. The molecule has 0 radical (unpaired) electrons. The average molecular weight is 341 g/mol. The number of hydrogen-bond donors (Lipinski definition) is 2. The van der Waals surface area contributed by atoms with E-state index in [2.05, 4.69) is 39.9 Å². The van der Waals surface area contributed by atoms with Crippen LogP contribution in [0.3, 0.4) is 0 Å². The highest BCUT2D eigenvalue weighted by atomic mass is 16.5. The van der Waals surface area contributed by atoms with Crippen molar-refractivity contribution in [2.75, 3.05) is 39.3 Å². The van der Waals surface area contributed by atoms with Gasteiger partial charge in [0.05, 0.1) is 5.52 Å². The molecule has 0 bridgehead atoms. The summed E-state index contributed by atoms with van der Waals surface area (Å²) >= 11 is 0. The molecule has 0 spiro atoms. The molecule has 134 valence electrons. The summed E-state index contributed by atoms with van der Waals surface area (Å²) in [5.41, 5.74) is 2.22. The molecule has 1 aromatic heterocycles. The first-order chi connectivity index (χ1) is 12.2. The predicted octanol–water partition coefficient (Wildman–Crippen LogP) is 2.14. The van der Waals surface area contributed by atoms with Crippen LogP contribution in [0.2, 0.25) is 0 Å². The summed E-state index contributed by atoms with van der Waals surface area (Å²) in [5.74, 6) is 1.79. The lowest BCUT2D eigenvalue weighted by atomic mass is 10.1. The molecule has 6 heteroatoms. The summed E-state index contributed by atoms with van der Waals surface area (Å²) in [6.45, 7) is 2.33. The Morgan fingerprint density at radius 1 is 1.28 bits per heavy atom. The second-order valence-corrected chi connectivity index (χ2v) is 6.51. The highest BCUT2D eigenvalue weighted by molar-refractivity contribution is 5.85. The summed E-state index contributed by atoms with van der Waals surface area (Å²) in [4.78, 5) is 11.1. The lowest BCUT2D eigenvalue weighted by Crippen LogP contribution is -2.45. The normalized spacial score (nSPS) is 16.0. The van der Waals surface area contributed by atoms with Crippen LogP contribution in [0, 0.1) is 0 Å². The largest absolute Gasteiger partial charge is 0.381 e. The van der Waals surface area contributed by atoms with E-state index in [9.17, 15) is 0 Å². The Kier molecular flexibility index (Phi) is 5.71. The van der Waals surface area contributed by atoms with Crippen molar-refractivity contribution in [1.29, 1.82) is 0 Å². The topological polar surface area (TPSA) is 61.8 Å². The zero-order valence-corrected chi connectivity index (χ0v) is 15.2. The third kappa shape index (κ3) is 4.39. The van der Waals surface area contributed by atoms with E-state index in [0.29, 0.717) is 12.6 Å². The van der Waals surface area contributed by atoms with Gasteiger partial charge in [-0.05, 0) is 30.5 Å². The number of guanidine groups is 1. The summed E-state index contributed by atoms with van der Waals surface area (Å²) in [7, 11) is 5.84. The molecule has 1 fully saturated rings. The summed E-state index contributed by atoms with van der Waals surface area (Å²) in [6.07, 6.45) is 2.04. The molecule has 1 aromatic carbocycles. The number of para-hydroxylation sites is 1. The highest BCUT2D eigenvalue weighted by Crippen LogP contribution is 2.22. The van der Waals surface area contributed by atoms with Crippen LogP contribution in [0.25, 0.3) is 10.9 Å². The van der Waals surface area contributed by atoms with E-state index in [1.807, 2.05) is 32.1 Å². The smallest absolute Gasteiger partial charge is 0.191 e. The van der Waals surface area contributed by atoms with Crippen LogP contribution in [0.1, 0.15) is 18.4 Å². The van der Waals surface area contributed by atoms with Crippen LogP contribution in [0.15, 0.2) is 35.3 Å². The number of anilines is 1. The Hall–Kier alpha value is -2.34. The van der Waals surface area contributed by atoms with Crippen molar-refractivity contribution in [3.8, 4) is 0 Å². The molecule has 0 saturated carbocycles. The van der Waals surface area contributed by atoms with Crippen molar-refractivity contribution in [3.63, 3.8) is 0 Å². The minimum atomic E-state index is 0.423. The van der Waals surface area contributed by atoms with E-state index in [1.165, 1.54) is 10.9 Å². The molecule has 0 amide bonds. The molecule has 2 aromatic rings. The second kappa shape index (κ2) is 8.16. The Morgan fingerprint density at radius 3 is 2.76 bits per heavy atom. The van der Waals surface area contributed by atoms with Crippen LogP contribution >= 0.6 is 0 Å². The van der Waals surface area contributed by atoms with Gasteiger partial charge in [-0.2, -0.15) is 0 Å². The zero-order valence-electron chi connectivity index (χ0n) is 15.2. The predicted molar refractivity (Wildman–Crippen MR) is 103 cm³/mol. The molecule has 0 aliphatic carbocycles. The van der Waals surface area contributed by atoms with Gasteiger partial charge < -0.3 is 20.3 Å². The van der Waals surface area contributed by atoms with Gasteiger partial charge in [0, 0.05) is 52.3 Å². The van der Waals surface area contributed by atoms with Gasteiger partial charge in [0.2, 0.25) is 0 Å². The molecular formula is C19H27N5O. The fraction of sp³-hybridized carbons (Fsp3) is 0.474. The van der Waals surface area contributed by atoms with Crippen molar-refractivity contribution in [2.24, 2.45) is 4.99 Å². The minimum Gasteiger partial charge on any atom is -0.381 e. The van der Waals surface area contributed by atoms with Crippen LogP contribution in [0.5, 0.6) is 0 Å². The van der Waals surface area contributed by atoms with Gasteiger partial charge in [-0.1, -0.05) is 18.2 Å². The number of ether oxygens (including phenoxy) is 1. The number of nitrogens with zero attached hydrogens (tertiary/aromatic N) is 3. The molecule has 6 nitrogen and oxygen atoms in total. The van der Waals surface area contributed by atoms with Gasteiger partial charge in [0.15, 0.2) is 5.96 Å². The molecule has 1 saturated heterocycles. The molecule has 1 aliphatic heterocycles. The molecule has 3 rings (SSSR count). The van der Waals surface area contributed by atoms with Crippen LogP contribution in [-0.4, -0.2) is 51.3 Å². The van der Waals surface area contributed by atoms with Crippen LogP contribution < -0.4 is 15.5 Å².